The summed E-state index contributed by atoms with van der Waals surface area (Å²) < 4.78 is 7.22. The van der Waals surface area contributed by atoms with E-state index in [-0.39, 0.29) is 11.8 Å². The highest BCUT2D eigenvalue weighted by Gasteiger charge is 2.35. The lowest BCUT2D eigenvalue weighted by Crippen LogP contribution is -2.24. The molecule has 1 saturated heterocycles. The summed E-state index contributed by atoms with van der Waals surface area (Å²) in [6.07, 6.45) is 0.136. The number of hydrogen-bond acceptors (Lipinski definition) is 6. The molecule has 0 bridgehead atoms. The van der Waals surface area contributed by atoms with Crippen LogP contribution in [0.25, 0.3) is 11.2 Å². The SMILES string of the molecule is Nc1cc(Cl)nc2c1ncn2[C@H]1C[C@H](O)[C@@H](CO)O1. The molecule has 0 amide bonds. The molecule has 1 fully saturated rings. The topological polar surface area (TPSA) is 106 Å². The summed E-state index contributed by atoms with van der Waals surface area (Å²) in [7, 11) is 0. The van der Waals surface area contributed by atoms with Crippen LogP contribution in [0.2, 0.25) is 5.15 Å². The van der Waals surface area contributed by atoms with Crippen molar-refractivity contribution in [2.75, 3.05) is 12.3 Å². The van der Waals surface area contributed by atoms with Crippen LogP contribution in [0.3, 0.4) is 0 Å². The number of aliphatic hydroxyl groups is 2. The molecule has 19 heavy (non-hydrogen) atoms. The van der Waals surface area contributed by atoms with E-state index in [1.54, 1.807) is 10.9 Å². The van der Waals surface area contributed by atoms with Crippen molar-refractivity contribution >= 4 is 28.5 Å². The molecule has 3 atom stereocenters. The van der Waals surface area contributed by atoms with Gasteiger partial charge in [0.15, 0.2) is 5.65 Å². The number of ether oxygens (including phenoxy) is 1. The predicted octanol–water partition coefficient (Wildman–Crippen LogP) is 0.308. The number of hydrogen-bond donors (Lipinski definition) is 3. The number of nitrogens with two attached hydrogens (primary N) is 1. The van der Waals surface area contributed by atoms with Gasteiger partial charge < -0.3 is 20.7 Å². The van der Waals surface area contributed by atoms with Crippen molar-refractivity contribution in [1.29, 1.82) is 0 Å². The van der Waals surface area contributed by atoms with Crippen LogP contribution in [-0.4, -0.2) is 43.6 Å². The molecule has 0 aromatic carbocycles. The third-order valence-electron chi connectivity index (χ3n) is 3.22. The van der Waals surface area contributed by atoms with Gasteiger partial charge in [-0.1, -0.05) is 11.6 Å². The maximum absolute atomic E-state index is 9.75. The summed E-state index contributed by atoms with van der Waals surface area (Å²) in [4.78, 5) is 8.35. The van der Waals surface area contributed by atoms with Gasteiger partial charge in [-0.25, -0.2) is 9.97 Å². The van der Waals surface area contributed by atoms with Gasteiger partial charge in [0.25, 0.3) is 0 Å². The van der Waals surface area contributed by atoms with Crippen molar-refractivity contribution in [3.63, 3.8) is 0 Å². The highest BCUT2D eigenvalue weighted by atomic mass is 35.5. The summed E-state index contributed by atoms with van der Waals surface area (Å²) in [5.41, 5.74) is 7.29. The number of aliphatic hydroxyl groups excluding tert-OH is 2. The van der Waals surface area contributed by atoms with Gasteiger partial charge in [-0.3, -0.25) is 4.57 Å². The molecule has 1 aliphatic heterocycles. The normalized spacial score (nSPS) is 27.2. The average Bonchev–Trinajstić information content (AvgIpc) is 2.92. The number of nitrogen functional groups attached to an aromatic ring is 1. The first-order chi connectivity index (χ1) is 9.10. The van der Waals surface area contributed by atoms with Crippen LogP contribution in [0.1, 0.15) is 12.6 Å². The van der Waals surface area contributed by atoms with Crippen molar-refractivity contribution in [3.8, 4) is 0 Å². The van der Waals surface area contributed by atoms with Crippen molar-refractivity contribution in [1.82, 2.24) is 14.5 Å². The first-order valence-corrected chi connectivity index (χ1v) is 6.21. The smallest absolute Gasteiger partial charge is 0.165 e. The lowest BCUT2D eigenvalue weighted by molar-refractivity contribution is -0.0432. The number of aromatic nitrogens is 3. The minimum atomic E-state index is -0.719. The fraction of sp³-hybridized carbons (Fsp3) is 0.455. The number of pyridine rings is 1. The van der Waals surface area contributed by atoms with E-state index in [1.165, 1.54) is 6.07 Å². The fourth-order valence-electron chi connectivity index (χ4n) is 2.26. The molecule has 0 aliphatic carbocycles. The minimum absolute atomic E-state index is 0.235. The lowest BCUT2D eigenvalue weighted by Gasteiger charge is -2.13. The number of halogens is 1. The van der Waals surface area contributed by atoms with Crippen LogP contribution in [0.4, 0.5) is 5.69 Å². The molecule has 102 valence electrons. The second-order valence-corrected chi connectivity index (χ2v) is 4.86. The molecule has 0 spiro atoms. The van der Waals surface area contributed by atoms with Crippen LogP contribution < -0.4 is 5.73 Å². The van der Waals surface area contributed by atoms with Gasteiger partial charge in [-0.2, -0.15) is 0 Å². The molecule has 2 aromatic rings. The summed E-state index contributed by atoms with van der Waals surface area (Å²) in [5, 5.41) is 19.1. The Kier molecular flexibility index (Phi) is 3.06. The molecule has 8 heteroatoms. The van der Waals surface area contributed by atoms with Crippen LogP contribution >= 0.6 is 11.6 Å². The van der Waals surface area contributed by atoms with Crippen LogP contribution in [-0.2, 0) is 4.74 Å². The van der Waals surface area contributed by atoms with Crippen LogP contribution in [0.15, 0.2) is 12.4 Å². The maximum Gasteiger partial charge on any atom is 0.165 e. The van der Waals surface area contributed by atoms with Crippen LogP contribution in [0.5, 0.6) is 0 Å². The van der Waals surface area contributed by atoms with Gasteiger partial charge in [0.2, 0.25) is 0 Å². The van der Waals surface area contributed by atoms with E-state index in [0.717, 1.165) is 0 Å². The van der Waals surface area contributed by atoms with E-state index < -0.39 is 18.4 Å². The minimum Gasteiger partial charge on any atom is -0.397 e. The van der Waals surface area contributed by atoms with Crippen molar-refractivity contribution in [2.45, 2.75) is 24.9 Å². The first kappa shape index (κ1) is 12.6. The molecule has 1 aliphatic rings. The molecular formula is C11H13ClN4O3. The van der Waals surface area contributed by atoms with Gasteiger partial charge in [-0.05, 0) is 0 Å². The molecule has 2 aromatic heterocycles. The Labute approximate surface area is 113 Å². The molecular weight excluding hydrogens is 272 g/mol. The van der Waals surface area contributed by atoms with E-state index >= 15 is 0 Å². The van der Waals surface area contributed by atoms with Crippen molar-refractivity contribution < 1.29 is 14.9 Å². The monoisotopic (exact) mass is 284 g/mol. The third kappa shape index (κ3) is 2.04. The Morgan fingerprint density at radius 1 is 1.58 bits per heavy atom. The Morgan fingerprint density at radius 3 is 3.05 bits per heavy atom. The highest BCUT2D eigenvalue weighted by Crippen LogP contribution is 2.32. The fourth-order valence-corrected chi connectivity index (χ4v) is 2.46. The second-order valence-electron chi connectivity index (χ2n) is 4.47. The third-order valence-corrected chi connectivity index (χ3v) is 3.42. The molecule has 7 nitrogen and oxygen atoms in total. The average molecular weight is 285 g/mol. The van der Waals surface area contributed by atoms with Gasteiger partial charge in [0, 0.05) is 12.5 Å². The van der Waals surface area contributed by atoms with E-state index in [4.69, 9.17) is 27.2 Å². The molecule has 0 unspecified atom stereocenters. The molecule has 3 rings (SSSR count). The van der Waals surface area contributed by atoms with Crippen molar-refractivity contribution in [2.24, 2.45) is 0 Å². The molecule has 4 N–H and O–H groups in total. The Hall–Kier alpha value is -1.41. The molecule has 0 radical (unpaired) electrons. The summed E-state index contributed by atoms with van der Waals surface area (Å²) >= 11 is 5.88. The number of nitrogens with zero attached hydrogens (tertiary/aromatic N) is 3. The number of fused-ring (bicyclic) bond motifs is 1. The summed E-state index contributed by atoms with van der Waals surface area (Å²) in [5.74, 6) is 0. The Balaban J connectivity index is 2.02. The molecule has 0 saturated carbocycles. The summed E-state index contributed by atoms with van der Waals surface area (Å²) in [6.45, 7) is -0.235. The van der Waals surface area contributed by atoms with E-state index in [0.29, 0.717) is 23.3 Å². The predicted molar refractivity (Wildman–Crippen MR) is 68.6 cm³/mol. The van der Waals surface area contributed by atoms with Gasteiger partial charge in [-0.15, -0.1) is 0 Å². The van der Waals surface area contributed by atoms with Crippen molar-refractivity contribution in [3.05, 3.63) is 17.5 Å². The zero-order chi connectivity index (χ0) is 13.6. The maximum atomic E-state index is 9.75. The van der Waals surface area contributed by atoms with Gasteiger partial charge in [0.05, 0.1) is 24.7 Å². The molecule has 3 heterocycles. The van der Waals surface area contributed by atoms with Gasteiger partial charge in [0.1, 0.15) is 23.0 Å². The first-order valence-electron chi connectivity index (χ1n) is 5.83. The standard InChI is InChI=1S/C11H13ClN4O3/c12-8-1-5(13)10-11(15-8)16(4-14-10)9-2-6(18)7(3-17)19-9/h1,4,6-7,9,17-18H,2-3H2,(H2,13,15)/t6-,7+,9+/m0/s1. The van der Waals surface area contributed by atoms with E-state index in [9.17, 15) is 5.11 Å². The second kappa shape index (κ2) is 4.61. The lowest BCUT2D eigenvalue weighted by atomic mass is 10.2. The van der Waals surface area contributed by atoms with E-state index in [2.05, 4.69) is 9.97 Å². The number of anilines is 1. The quantitative estimate of drug-likeness (QED) is 0.685. The van der Waals surface area contributed by atoms with E-state index in [1.807, 2.05) is 0 Å². The Morgan fingerprint density at radius 2 is 2.37 bits per heavy atom. The number of rotatable bonds is 2. The van der Waals surface area contributed by atoms with Crippen LogP contribution in [0, 0.1) is 0 Å². The zero-order valence-electron chi connectivity index (χ0n) is 9.90. The Bertz CT molecular complexity index is 617. The summed E-state index contributed by atoms with van der Waals surface area (Å²) in [6, 6.07) is 1.53. The zero-order valence-corrected chi connectivity index (χ0v) is 10.7. The van der Waals surface area contributed by atoms with Gasteiger partial charge >= 0.3 is 0 Å². The number of imidazole rings is 1. The largest absolute Gasteiger partial charge is 0.397 e. The highest BCUT2D eigenvalue weighted by molar-refractivity contribution is 6.30.